The third kappa shape index (κ3) is 8.16. The van der Waals surface area contributed by atoms with Crippen molar-refractivity contribution in [3.05, 3.63) is 62.5 Å². The van der Waals surface area contributed by atoms with Crippen LogP contribution in [0.5, 0.6) is 0 Å². The number of hydrogen-bond donors (Lipinski definition) is 3. The Bertz CT molecular complexity index is 747. The normalized spacial score (nSPS) is 11.3. The number of benzene rings is 2. The molecule has 3 N–H and O–H groups in total. The monoisotopic (exact) mass is 523 g/mol. The Kier molecular flexibility index (Phi) is 8.53. The molecule has 2 rings (SSSR count). The van der Waals surface area contributed by atoms with E-state index in [4.69, 9.17) is 12.2 Å². The fourth-order valence-electron chi connectivity index (χ4n) is 2.28. The van der Waals surface area contributed by atoms with Crippen LogP contribution < -0.4 is 16.0 Å². The summed E-state index contributed by atoms with van der Waals surface area (Å²) in [7, 11) is 0. The molecule has 0 saturated carbocycles. The fourth-order valence-corrected chi connectivity index (χ4v) is 3.89. The minimum atomic E-state index is -4.34. The van der Waals surface area contributed by atoms with Crippen LogP contribution in [0.2, 0.25) is 0 Å². The molecule has 2 aromatic rings. The summed E-state index contributed by atoms with van der Waals surface area (Å²) >= 11 is 12.1. The summed E-state index contributed by atoms with van der Waals surface area (Å²) in [5.74, 6) is 0. The summed E-state index contributed by atoms with van der Waals surface area (Å²) in [6, 6.07) is 10.9. The van der Waals surface area contributed by atoms with E-state index >= 15 is 0 Å². The summed E-state index contributed by atoms with van der Waals surface area (Å²) in [6.45, 7) is 2.22. The molecule has 0 radical (unpaired) electrons. The third-order valence-electron chi connectivity index (χ3n) is 3.54. The smallest absolute Gasteiger partial charge is 0.362 e. The Morgan fingerprint density at radius 2 is 1.59 bits per heavy atom. The Labute approximate surface area is 178 Å². The molecule has 0 aliphatic rings. The molecule has 3 nitrogen and oxygen atoms in total. The van der Waals surface area contributed by atoms with Gasteiger partial charge in [-0.2, -0.15) is 13.2 Å². The van der Waals surface area contributed by atoms with Crippen LogP contribution >= 0.6 is 44.1 Å². The maximum Gasteiger partial charge on any atom is 0.416 e. The predicted molar refractivity (Wildman–Crippen MR) is 114 cm³/mol. The highest BCUT2D eigenvalue weighted by molar-refractivity contribution is 9.11. The summed E-state index contributed by atoms with van der Waals surface area (Å²) in [5.41, 5.74) is 0.998. The van der Waals surface area contributed by atoms with Crippen molar-refractivity contribution < 1.29 is 13.2 Å². The Balaban J connectivity index is 1.63. The molecule has 0 aliphatic carbocycles. The van der Waals surface area contributed by atoms with Gasteiger partial charge in [-0.25, -0.2) is 0 Å². The highest BCUT2D eigenvalue weighted by Gasteiger charge is 2.29. The van der Waals surface area contributed by atoms with Crippen LogP contribution in [0.1, 0.15) is 17.5 Å². The maximum atomic E-state index is 12.5. The predicted octanol–water partition coefficient (Wildman–Crippen LogP) is 5.70. The lowest BCUT2D eigenvalue weighted by molar-refractivity contribution is -0.137. The molecule has 146 valence electrons. The van der Waals surface area contributed by atoms with E-state index in [0.717, 1.165) is 40.6 Å². The highest BCUT2D eigenvalue weighted by atomic mass is 79.9. The molecule has 0 fully saturated rings. The largest absolute Gasteiger partial charge is 0.416 e. The van der Waals surface area contributed by atoms with Gasteiger partial charge in [0.05, 0.1) is 5.56 Å². The first kappa shape index (κ1) is 22.1. The van der Waals surface area contributed by atoms with E-state index in [0.29, 0.717) is 17.3 Å². The van der Waals surface area contributed by atoms with Crippen molar-refractivity contribution in [2.45, 2.75) is 19.1 Å². The number of rotatable bonds is 7. The second-order valence-corrected chi connectivity index (χ2v) is 8.00. The lowest BCUT2D eigenvalue weighted by atomic mass is 10.2. The van der Waals surface area contributed by atoms with Crippen molar-refractivity contribution in [1.29, 1.82) is 0 Å². The van der Waals surface area contributed by atoms with Gasteiger partial charge in [0, 0.05) is 27.7 Å². The van der Waals surface area contributed by atoms with Gasteiger partial charge in [-0.15, -0.1) is 0 Å². The average Bonchev–Trinajstić information content (AvgIpc) is 2.57. The van der Waals surface area contributed by atoms with Crippen LogP contribution in [0.25, 0.3) is 0 Å². The van der Waals surface area contributed by atoms with Gasteiger partial charge < -0.3 is 16.0 Å². The number of anilines is 1. The van der Waals surface area contributed by atoms with Crippen LogP contribution in [-0.4, -0.2) is 18.2 Å². The lowest BCUT2D eigenvalue weighted by Crippen LogP contribution is -2.31. The maximum absolute atomic E-state index is 12.5. The van der Waals surface area contributed by atoms with Gasteiger partial charge in [-0.3, -0.25) is 0 Å². The van der Waals surface area contributed by atoms with Crippen LogP contribution in [0.15, 0.2) is 51.4 Å². The fraction of sp³-hybridized carbons (Fsp3) is 0.278. The molecule has 0 bridgehead atoms. The molecule has 9 heteroatoms. The molecule has 2 aromatic carbocycles. The van der Waals surface area contributed by atoms with Crippen molar-refractivity contribution in [2.75, 3.05) is 18.4 Å². The Morgan fingerprint density at radius 3 is 2.19 bits per heavy atom. The molecular weight excluding hydrogens is 507 g/mol. The van der Waals surface area contributed by atoms with Crippen molar-refractivity contribution in [3.8, 4) is 0 Å². The van der Waals surface area contributed by atoms with Gasteiger partial charge in [0.25, 0.3) is 0 Å². The number of hydrogen-bond acceptors (Lipinski definition) is 2. The molecule has 0 unspecified atom stereocenters. The molecule has 0 spiro atoms. The van der Waals surface area contributed by atoms with Gasteiger partial charge in [0.2, 0.25) is 0 Å². The SMILES string of the molecule is FC(F)(F)c1ccc(NC(=S)NCCCNCc2cc(Br)cc(Br)c2)cc1. The quantitative estimate of drug-likeness (QED) is 0.321. The van der Waals surface area contributed by atoms with Crippen molar-refractivity contribution >= 4 is 54.9 Å². The number of halogens is 5. The lowest BCUT2D eigenvalue weighted by Gasteiger charge is -2.12. The molecule has 0 saturated heterocycles. The molecule has 27 heavy (non-hydrogen) atoms. The summed E-state index contributed by atoms with van der Waals surface area (Å²) in [5, 5.41) is 9.64. The summed E-state index contributed by atoms with van der Waals surface area (Å²) in [6.07, 6.45) is -3.49. The second-order valence-electron chi connectivity index (χ2n) is 5.76. The molecular formula is C18H18Br2F3N3S. The summed E-state index contributed by atoms with van der Waals surface area (Å²) in [4.78, 5) is 0. The van der Waals surface area contributed by atoms with E-state index in [1.54, 1.807) is 0 Å². The van der Waals surface area contributed by atoms with Gasteiger partial charge in [0.1, 0.15) is 0 Å². The molecule has 0 heterocycles. The molecule has 0 aromatic heterocycles. The molecule has 0 amide bonds. The van der Waals surface area contributed by atoms with Crippen LogP contribution in [0, 0.1) is 0 Å². The van der Waals surface area contributed by atoms with Crippen molar-refractivity contribution in [1.82, 2.24) is 10.6 Å². The number of alkyl halides is 3. The van der Waals surface area contributed by atoms with Gasteiger partial charge in [-0.05, 0) is 73.2 Å². The van der Waals surface area contributed by atoms with E-state index in [1.807, 2.05) is 6.07 Å². The first-order valence-corrected chi connectivity index (χ1v) is 10.1. The van der Waals surface area contributed by atoms with E-state index < -0.39 is 11.7 Å². The molecule has 0 aliphatic heterocycles. The van der Waals surface area contributed by atoms with Crippen LogP contribution in [0.3, 0.4) is 0 Å². The number of thiocarbonyl (C=S) groups is 1. The van der Waals surface area contributed by atoms with E-state index in [9.17, 15) is 13.2 Å². The van der Waals surface area contributed by atoms with Crippen molar-refractivity contribution in [3.63, 3.8) is 0 Å². The van der Waals surface area contributed by atoms with Crippen LogP contribution in [-0.2, 0) is 12.7 Å². The third-order valence-corrected chi connectivity index (χ3v) is 4.70. The standard InChI is InChI=1S/C18H18Br2F3N3S/c19-14-8-12(9-15(20)10-14)11-24-6-1-7-25-17(27)26-16-4-2-13(3-5-16)18(21,22)23/h2-5,8-10,24H,1,6-7,11H2,(H2,25,26,27). The van der Waals surface area contributed by atoms with Gasteiger partial charge >= 0.3 is 6.18 Å². The van der Waals surface area contributed by atoms with Crippen molar-refractivity contribution in [2.24, 2.45) is 0 Å². The zero-order valence-electron chi connectivity index (χ0n) is 14.2. The molecule has 0 atom stereocenters. The second kappa shape index (κ2) is 10.4. The average molecular weight is 525 g/mol. The Hall–Kier alpha value is -1.16. The van der Waals surface area contributed by atoms with Gasteiger partial charge in [-0.1, -0.05) is 31.9 Å². The zero-order valence-corrected chi connectivity index (χ0v) is 18.2. The minimum absolute atomic E-state index is 0.380. The van der Waals surface area contributed by atoms with Crippen LogP contribution in [0.4, 0.5) is 18.9 Å². The van der Waals surface area contributed by atoms with E-state index in [-0.39, 0.29) is 0 Å². The van der Waals surface area contributed by atoms with E-state index in [2.05, 4.69) is 59.9 Å². The van der Waals surface area contributed by atoms with E-state index in [1.165, 1.54) is 17.7 Å². The highest BCUT2D eigenvalue weighted by Crippen LogP contribution is 2.29. The summed E-state index contributed by atoms with van der Waals surface area (Å²) < 4.78 is 39.6. The minimum Gasteiger partial charge on any atom is -0.362 e. The topological polar surface area (TPSA) is 36.1 Å². The Morgan fingerprint density at radius 1 is 0.963 bits per heavy atom. The zero-order chi connectivity index (χ0) is 19.9. The first-order chi connectivity index (χ1) is 12.7. The van der Waals surface area contributed by atoms with Gasteiger partial charge in [0.15, 0.2) is 5.11 Å². The number of nitrogens with one attached hydrogen (secondary N) is 3. The first-order valence-electron chi connectivity index (χ1n) is 8.12.